The van der Waals surface area contributed by atoms with Crippen LogP contribution in [0.15, 0.2) is 30.5 Å². The molecule has 4 rings (SSSR count). The molecule has 0 N–H and O–H groups in total. The SMILES string of the molecule is Cc1nc(N2CCN(C(C)c3ccc(OC(F)F)cc3)CC2)c2cnn(C)c2n1. The van der Waals surface area contributed by atoms with Gasteiger partial charge in [0.1, 0.15) is 17.4 Å². The Morgan fingerprint density at radius 3 is 2.38 bits per heavy atom. The largest absolute Gasteiger partial charge is 0.435 e. The van der Waals surface area contributed by atoms with Gasteiger partial charge in [0, 0.05) is 39.3 Å². The molecule has 2 aromatic heterocycles. The molecule has 1 atom stereocenters. The molecular formula is C20H24F2N6O. The molecule has 0 radical (unpaired) electrons. The van der Waals surface area contributed by atoms with Crippen molar-refractivity contribution in [3.05, 3.63) is 41.9 Å². The van der Waals surface area contributed by atoms with Crippen LogP contribution in [0.4, 0.5) is 14.6 Å². The van der Waals surface area contributed by atoms with E-state index in [0.29, 0.717) is 0 Å². The summed E-state index contributed by atoms with van der Waals surface area (Å²) in [7, 11) is 1.88. The van der Waals surface area contributed by atoms with Crippen LogP contribution in [0, 0.1) is 6.92 Å². The van der Waals surface area contributed by atoms with Crippen LogP contribution in [0.1, 0.15) is 24.4 Å². The van der Waals surface area contributed by atoms with Gasteiger partial charge in [0.05, 0.1) is 11.6 Å². The maximum atomic E-state index is 12.3. The van der Waals surface area contributed by atoms with Gasteiger partial charge in [-0.25, -0.2) is 9.97 Å². The molecule has 9 heteroatoms. The fraction of sp³-hybridized carbons (Fsp3) is 0.450. The fourth-order valence-corrected chi connectivity index (χ4v) is 3.81. The molecule has 0 bridgehead atoms. The minimum atomic E-state index is -2.80. The highest BCUT2D eigenvalue weighted by Crippen LogP contribution is 2.28. The molecule has 1 aliphatic heterocycles. The van der Waals surface area contributed by atoms with Crippen LogP contribution in [0.3, 0.4) is 0 Å². The van der Waals surface area contributed by atoms with Crippen LogP contribution in [0.25, 0.3) is 11.0 Å². The van der Waals surface area contributed by atoms with E-state index >= 15 is 0 Å². The Morgan fingerprint density at radius 1 is 1.03 bits per heavy atom. The first-order valence-corrected chi connectivity index (χ1v) is 9.62. The van der Waals surface area contributed by atoms with Gasteiger partial charge in [-0.1, -0.05) is 12.1 Å². The molecule has 0 aliphatic carbocycles. The van der Waals surface area contributed by atoms with E-state index in [4.69, 9.17) is 0 Å². The number of halogens is 2. The second kappa shape index (κ2) is 7.90. The maximum Gasteiger partial charge on any atom is 0.387 e. The molecule has 3 heterocycles. The first-order valence-electron chi connectivity index (χ1n) is 9.62. The molecule has 1 aliphatic rings. The Kier molecular flexibility index (Phi) is 5.31. The van der Waals surface area contributed by atoms with Crippen molar-refractivity contribution in [3.8, 4) is 5.75 Å². The highest BCUT2D eigenvalue weighted by molar-refractivity contribution is 5.87. The van der Waals surface area contributed by atoms with Gasteiger partial charge in [-0.05, 0) is 31.5 Å². The highest BCUT2D eigenvalue weighted by atomic mass is 19.3. The number of aryl methyl sites for hydroxylation is 2. The predicted octanol–water partition coefficient (Wildman–Crippen LogP) is 3.16. The van der Waals surface area contributed by atoms with Crippen LogP contribution < -0.4 is 9.64 Å². The Bertz CT molecular complexity index is 983. The monoisotopic (exact) mass is 402 g/mol. The molecule has 7 nitrogen and oxygen atoms in total. The number of anilines is 1. The van der Waals surface area contributed by atoms with Crippen molar-refractivity contribution in [2.24, 2.45) is 7.05 Å². The van der Waals surface area contributed by atoms with E-state index in [1.54, 1.807) is 16.8 Å². The van der Waals surface area contributed by atoms with Gasteiger partial charge in [-0.15, -0.1) is 0 Å². The van der Waals surface area contributed by atoms with Gasteiger partial charge in [0.25, 0.3) is 0 Å². The number of benzene rings is 1. The Hall–Kier alpha value is -2.81. The average molecular weight is 402 g/mol. The Balaban J connectivity index is 1.44. The van der Waals surface area contributed by atoms with Crippen molar-refractivity contribution in [1.29, 1.82) is 0 Å². The van der Waals surface area contributed by atoms with E-state index in [1.165, 1.54) is 0 Å². The van der Waals surface area contributed by atoms with Gasteiger partial charge in [0.15, 0.2) is 5.65 Å². The number of hydrogen-bond donors (Lipinski definition) is 0. The first-order chi connectivity index (χ1) is 13.9. The molecule has 1 saturated heterocycles. The highest BCUT2D eigenvalue weighted by Gasteiger charge is 2.25. The number of rotatable bonds is 5. The number of hydrogen-bond acceptors (Lipinski definition) is 6. The third-order valence-electron chi connectivity index (χ3n) is 5.43. The number of piperazine rings is 1. The summed E-state index contributed by atoms with van der Waals surface area (Å²) >= 11 is 0. The third-order valence-corrected chi connectivity index (χ3v) is 5.43. The van der Waals surface area contributed by atoms with Crippen molar-refractivity contribution in [3.63, 3.8) is 0 Å². The summed E-state index contributed by atoms with van der Waals surface area (Å²) in [5.74, 6) is 1.85. The van der Waals surface area contributed by atoms with Crippen LogP contribution >= 0.6 is 0 Å². The lowest BCUT2D eigenvalue weighted by Gasteiger charge is -2.39. The van der Waals surface area contributed by atoms with Gasteiger partial charge < -0.3 is 9.64 Å². The number of ether oxygens (including phenoxy) is 1. The minimum absolute atomic E-state index is 0.181. The van der Waals surface area contributed by atoms with Gasteiger partial charge >= 0.3 is 6.61 Å². The van der Waals surface area contributed by atoms with Crippen LogP contribution in [-0.4, -0.2) is 57.4 Å². The van der Waals surface area contributed by atoms with E-state index in [0.717, 1.165) is 54.4 Å². The summed E-state index contributed by atoms with van der Waals surface area (Å²) in [5, 5.41) is 5.29. The molecule has 29 heavy (non-hydrogen) atoms. The number of nitrogens with zero attached hydrogens (tertiary/aromatic N) is 6. The van der Waals surface area contributed by atoms with E-state index in [2.05, 4.69) is 36.5 Å². The van der Waals surface area contributed by atoms with E-state index in [9.17, 15) is 8.78 Å². The molecule has 1 aromatic carbocycles. The molecule has 154 valence electrons. The lowest BCUT2D eigenvalue weighted by atomic mass is 10.1. The number of alkyl halides is 2. The second-order valence-electron chi connectivity index (χ2n) is 7.25. The summed E-state index contributed by atoms with van der Waals surface area (Å²) in [6, 6.07) is 7.07. The standard InChI is InChI=1S/C20H24F2N6O/c1-13(15-4-6-16(7-5-15)29-20(21)22)27-8-10-28(11-9-27)19-17-12-23-26(3)18(17)24-14(2)25-19/h4-7,12-13,20H,8-11H2,1-3H3. The summed E-state index contributed by atoms with van der Waals surface area (Å²) in [6.45, 7) is 4.67. The van der Waals surface area contributed by atoms with Crippen molar-refractivity contribution >= 4 is 16.9 Å². The quantitative estimate of drug-likeness (QED) is 0.654. The Labute approximate surface area is 167 Å². The lowest BCUT2D eigenvalue weighted by molar-refractivity contribution is -0.0498. The van der Waals surface area contributed by atoms with Gasteiger partial charge in [0.2, 0.25) is 0 Å². The molecule has 0 spiro atoms. The second-order valence-corrected chi connectivity index (χ2v) is 7.25. The predicted molar refractivity (Wildman–Crippen MR) is 106 cm³/mol. The van der Waals surface area contributed by atoms with Gasteiger partial charge in [-0.3, -0.25) is 9.58 Å². The van der Waals surface area contributed by atoms with Crippen molar-refractivity contribution in [2.75, 3.05) is 31.1 Å². The third kappa shape index (κ3) is 4.00. The zero-order valence-corrected chi connectivity index (χ0v) is 16.7. The fourth-order valence-electron chi connectivity index (χ4n) is 3.81. The van der Waals surface area contributed by atoms with Crippen molar-refractivity contribution in [1.82, 2.24) is 24.6 Å². The summed E-state index contributed by atoms with van der Waals surface area (Å²) < 4.78 is 30.8. The first kappa shape index (κ1) is 19.5. The zero-order valence-electron chi connectivity index (χ0n) is 16.7. The zero-order chi connectivity index (χ0) is 20.5. The van der Waals surface area contributed by atoms with Crippen molar-refractivity contribution < 1.29 is 13.5 Å². The van der Waals surface area contributed by atoms with Crippen LogP contribution in [0.2, 0.25) is 0 Å². The number of aromatic nitrogens is 4. The maximum absolute atomic E-state index is 12.3. The summed E-state index contributed by atoms with van der Waals surface area (Å²) in [5.41, 5.74) is 1.92. The molecule has 3 aromatic rings. The average Bonchev–Trinajstić information content (AvgIpc) is 3.08. The van der Waals surface area contributed by atoms with Crippen LogP contribution in [0.5, 0.6) is 5.75 Å². The van der Waals surface area contributed by atoms with E-state index in [1.807, 2.05) is 32.3 Å². The van der Waals surface area contributed by atoms with E-state index in [-0.39, 0.29) is 11.8 Å². The molecule has 1 unspecified atom stereocenters. The lowest BCUT2D eigenvalue weighted by Crippen LogP contribution is -2.47. The Morgan fingerprint density at radius 2 is 1.72 bits per heavy atom. The van der Waals surface area contributed by atoms with Crippen molar-refractivity contribution in [2.45, 2.75) is 26.5 Å². The normalized spacial score (nSPS) is 16.6. The molecule has 0 amide bonds. The number of fused-ring (bicyclic) bond motifs is 1. The van der Waals surface area contributed by atoms with Crippen LogP contribution in [-0.2, 0) is 7.05 Å². The summed E-state index contributed by atoms with van der Waals surface area (Å²) in [4.78, 5) is 13.8. The van der Waals surface area contributed by atoms with E-state index < -0.39 is 6.61 Å². The topological polar surface area (TPSA) is 59.3 Å². The minimum Gasteiger partial charge on any atom is -0.435 e. The molecule has 0 saturated carbocycles. The molecule has 1 fully saturated rings. The van der Waals surface area contributed by atoms with Gasteiger partial charge in [-0.2, -0.15) is 13.9 Å². The molecular weight excluding hydrogens is 378 g/mol. The summed E-state index contributed by atoms with van der Waals surface area (Å²) in [6.07, 6.45) is 1.82. The smallest absolute Gasteiger partial charge is 0.387 e.